The molecule has 1 aromatic rings. The number of carbonyl (C=O) groups is 2. The molecule has 1 heterocycles. The van der Waals surface area contributed by atoms with Crippen molar-refractivity contribution in [1.82, 2.24) is 5.32 Å². The molecule has 0 spiro atoms. The summed E-state index contributed by atoms with van der Waals surface area (Å²) >= 11 is 0. The molecule has 4 atom stereocenters. The minimum atomic E-state index is -0.150. The lowest BCUT2D eigenvalue weighted by molar-refractivity contribution is -0.150. The molecule has 2 aliphatic rings. The third-order valence-corrected chi connectivity index (χ3v) is 5.09. The summed E-state index contributed by atoms with van der Waals surface area (Å²) in [6, 6.07) is 7.68. The molecule has 23 heavy (non-hydrogen) atoms. The molecule has 3 rings (SSSR count). The summed E-state index contributed by atoms with van der Waals surface area (Å²) < 4.78 is 10.4. The van der Waals surface area contributed by atoms with E-state index in [0.29, 0.717) is 6.61 Å². The maximum absolute atomic E-state index is 12.4. The van der Waals surface area contributed by atoms with Crippen LogP contribution in [0.25, 0.3) is 0 Å². The number of benzene rings is 1. The van der Waals surface area contributed by atoms with Gasteiger partial charge in [0.25, 0.3) is 0 Å². The summed E-state index contributed by atoms with van der Waals surface area (Å²) in [5.41, 5.74) is 1.05. The minimum absolute atomic E-state index is 0.0512. The third-order valence-electron chi connectivity index (χ3n) is 5.09. The molecule has 124 valence electrons. The number of rotatable bonds is 4. The van der Waals surface area contributed by atoms with Crippen LogP contribution in [0.1, 0.15) is 37.8 Å². The number of nitrogens with one attached hydrogen (secondary N) is 1. The van der Waals surface area contributed by atoms with E-state index >= 15 is 0 Å². The largest absolute Gasteiger partial charge is 0.497 e. The predicted octanol–water partition coefficient (Wildman–Crippen LogP) is 2.46. The number of ether oxygens (including phenoxy) is 2. The summed E-state index contributed by atoms with van der Waals surface area (Å²) in [5, 5.41) is 3.10. The fourth-order valence-corrected chi connectivity index (χ4v) is 3.93. The number of hydrogen-bond acceptors (Lipinski definition) is 4. The first-order valence-corrected chi connectivity index (χ1v) is 8.25. The number of hydrogen-bond donors (Lipinski definition) is 1. The van der Waals surface area contributed by atoms with E-state index < -0.39 is 0 Å². The lowest BCUT2D eigenvalue weighted by Crippen LogP contribution is -2.44. The minimum Gasteiger partial charge on any atom is -0.497 e. The van der Waals surface area contributed by atoms with Crippen molar-refractivity contribution in [1.29, 1.82) is 0 Å². The first kappa shape index (κ1) is 15.8. The van der Waals surface area contributed by atoms with E-state index in [9.17, 15) is 9.59 Å². The standard InChI is InChI=1S/C18H23NO4/c1-3-23-18(21)14-9-8-13-15(14)10-16(19-17(13)20)11-4-6-12(22-2)7-5-11/h4-7,13-16H,3,8-10H2,1-2H3,(H,19,20)/t13-,14+,15-,16-/m1/s1. The highest BCUT2D eigenvalue weighted by Gasteiger charge is 2.48. The summed E-state index contributed by atoms with van der Waals surface area (Å²) in [7, 11) is 1.63. The molecule has 0 aromatic heterocycles. The second-order valence-corrected chi connectivity index (χ2v) is 6.28. The predicted molar refractivity (Wildman–Crippen MR) is 84.8 cm³/mol. The van der Waals surface area contributed by atoms with E-state index in [1.54, 1.807) is 7.11 Å². The van der Waals surface area contributed by atoms with Crippen LogP contribution in [-0.4, -0.2) is 25.6 Å². The van der Waals surface area contributed by atoms with Gasteiger partial charge in [-0.3, -0.25) is 9.59 Å². The average molecular weight is 317 g/mol. The van der Waals surface area contributed by atoms with Gasteiger partial charge in [0, 0.05) is 5.92 Å². The molecule has 0 radical (unpaired) electrons. The molecule has 1 N–H and O–H groups in total. The summed E-state index contributed by atoms with van der Waals surface area (Å²) in [5.74, 6) is 0.580. The Morgan fingerprint density at radius 1 is 1.26 bits per heavy atom. The zero-order chi connectivity index (χ0) is 16.4. The second kappa shape index (κ2) is 6.60. The fraction of sp³-hybridized carbons (Fsp3) is 0.556. The summed E-state index contributed by atoms with van der Waals surface area (Å²) in [4.78, 5) is 24.6. The molecule has 1 amide bonds. The Kier molecular flexibility index (Phi) is 4.55. The zero-order valence-corrected chi connectivity index (χ0v) is 13.6. The summed E-state index contributed by atoms with van der Waals surface area (Å²) in [6.07, 6.45) is 2.30. The molecule has 1 saturated heterocycles. The normalized spacial score (nSPS) is 29.6. The Bertz CT molecular complexity index is 583. The van der Waals surface area contributed by atoms with Gasteiger partial charge in [0.15, 0.2) is 0 Å². The molecule has 1 aliphatic carbocycles. The number of methoxy groups -OCH3 is 1. The highest BCUT2D eigenvalue weighted by molar-refractivity contribution is 5.83. The molecule has 1 aliphatic heterocycles. The Labute approximate surface area is 136 Å². The number of esters is 1. The zero-order valence-electron chi connectivity index (χ0n) is 13.6. The van der Waals surface area contributed by atoms with E-state index in [0.717, 1.165) is 30.6 Å². The van der Waals surface area contributed by atoms with Gasteiger partial charge in [0.2, 0.25) is 5.91 Å². The van der Waals surface area contributed by atoms with Crippen LogP contribution in [0, 0.1) is 17.8 Å². The first-order chi connectivity index (χ1) is 11.1. The Hall–Kier alpha value is -2.04. The van der Waals surface area contributed by atoms with Gasteiger partial charge in [-0.25, -0.2) is 0 Å². The van der Waals surface area contributed by atoms with Crippen LogP contribution in [0.4, 0.5) is 0 Å². The van der Waals surface area contributed by atoms with Crippen molar-refractivity contribution in [2.75, 3.05) is 13.7 Å². The van der Waals surface area contributed by atoms with Gasteiger partial charge >= 0.3 is 5.97 Å². The van der Waals surface area contributed by atoms with Crippen LogP contribution in [-0.2, 0) is 14.3 Å². The number of carbonyl (C=O) groups excluding carboxylic acids is 2. The van der Waals surface area contributed by atoms with E-state index in [-0.39, 0.29) is 35.7 Å². The van der Waals surface area contributed by atoms with Gasteiger partial charge in [-0.05, 0) is 49.8 Å². The molecule has 1 aromatic carbocycles. The molecule has 5 heteroatoms. The van der Waals surface area contributed by atoms with Gasteiger partial charge in [0.05, 0.1) is 25.7 Å². The maximum atomic E-state index is 12.4. The second-order valence-electron chi connectivity index (χ2n) is 6.28. The SMILES string of the molecule is CCOC(=O)[C@H]1CC[C@H]2C(=O)N[C@@H](c3ccc(OC)cc3)C[C@@H]12. The van der Waals surface area contributed by atoms with Crippen molar-refractivity contribution in [2.45, 2.75) is 32.2 Å². The smallest absolute Gasteiger partial charge is 0.309 e. The lowest BCUT2D eigenvalue weighted by Gasteiger charge is -2.34. The lowest BCUT2D eigenvalue weighted by atomic mass is 9.79. The molecule has 0 bridgehead atoms. The monoisotopic (exact) mass is 317 g/mol. The summed E-state index contributed by atoms with van der Waals surface area (Å²) in [6.45, 7) is 2.21. The number of amides is 1. The van der Waals surface area contributed by atoms with E-state index in [2.05, 4.69) is 5.32 Å². The van der Waals surface area contributed by atoms with Crippen LogP contribution >= 0.6 is 0 Å². The van der Waals surface area contributed by atoms with Crippen LogP contribution in [0.15, 0.2) is 24.3 Å². The van der Waals surface area contributed by atoms with Crippen molar-refractivity contribution < 1.29 is 19.1 Å². The molecule has 2 fully saturated rings. The van der Waals surface area contributed by atoms with Crippen molar-refractivity contribution in [2.24, 2.45) is 17.8 Å². The quantitative estimate of drug-likeness (QED) is 0.867. The maximum Gasteiger partial charge on any atom is 0.309 e. The average Bonchev–Trinajstić information content (AvgIpc) is 3.00. The van der Waals surface area contributed by atoms with Gasteiger partial charge in [-0.1, -0.05) is 12.1 Å². The molecular weight excluding hydrogens is 294 g/mol. The molecule has 5 nitrogen and oxygen atoms in total. The van der Waals surface area contributed by atoms with Gasteiger partial charge in [0.1, 0.15) is 5.75 Å². The van der Waals surface area contributed by atoms with Crippen molar-refractivity contribution in [3.05, 3.63) is 29.8 Å². The van der Waals surface area contributed by atoms with Crippen molar-refractivity contribution >= 4 is 11.9 Å². The highest BCUT2D eigenvalue weighted by atomic mass is 16.5. The van der Waals surface area contributed by atoms with Crippen molar-refractivity contribution in [3.8, 4) is 5.75 Å². The Balaban J connectivity index is 1.77. The molecular formula is C18H23NO4. The first-order valence-electron chi connectivity index (χ1n) is 8.25. The van der Waals surface area contributed by atoms with Crippen LogP contribution in [0.2, 0.25) is 0 Å². The molecule has 0 unspecified atom stereocenters. The highest BCUT2D eigenvalue weighted by Crippen LogP contribution is 2.45. The van der Waals surface area contributed by atoms with Crippen LogP contribution in [0.3, 0.4) is 0 Å². The van der Waals surface area contributed by atoms with Crippen molar-refractivity contribution in [3.63, 3.8) is 0 Å². The van der Waals surface area contributed by atoms with E-state index in [1.165, 1.54) is 0 Å². The number of fused-ring (bicyclic) bond motifs is 1. The fourth-order valence-electron chi connectivity index (χ4n) is 3.93. The number of piperidine rings is 1. The van der Waals surface area contributed by atoms with E-state index in [4.69, 9.17) is 9.47 Å². The van der Waals surface area contributed by atoms with Gasteiger partial charge in [-0.2, -0.15) is 0 Å². The van der Waals surface area contributed by atoms with Crippen LogP contribution < -0.4 is 10.1 Å². The Morgan fingerprint density at radius 2 is 2.00 bits per heavy atom. The molecule has 1 saturated carbocycles. The van der Waals surface area contributed by atoms with Crippen LogP contribution in [0.5, 0.6) is 5.75 Å². The van der Waals surface area contributed by atoms with Gasteiger partial charge in [-0.15, -0.1) is 0 Å². The van der Waals surface area contributed by atoms with Gasteiger partial charge < -0.3 is 14.8 Å². The Morgan fingerprint density at radius 3 is 2.65 bits per heavy atom. The topological polar surface area (TPSA) is 64.6 Å². The van der Waals surface area contributed by atoms with E-state index in [1.807, 2.05) is 31.2 Å². The third kappa shape index (κ3) is 3.05.